The summed E-state index contributed by atoms with van der Waals surface area (Å²) in [5, 5.41) is 8.72. The van der Waals surface area contributed by atoms with Crippen molar-refractivity contribution < 1.29 is 14.3 Å². The SMILES string of the molecule is C=Cc1cnc(N)c2c(-c3ccc(C(=O)Nc4ccccn4)cc3Cl)nn([C@@H]3CCCN(C(=O)OC(C)(C)C)C3)c12. The lowest BCUT2D eigenvalue weighted by Crippen LogP contribution is -2.43. The third-order valence-electron chi connectivity index (χ3n) is 6.79. The van der Waals surface area contributed by atoms with E-state index in [9.17, 15) is 9.59 Å². The average Bonchev–Trinajstić information content (AvgIpc) is 3.34. The number of halogens is 1. The number of benzene rings is 1. The van der Waals surface area contributed by atoms with Crippen LogP contribution in [0.15, 0.2) is 55.4 Å². The maximum atomic E-state index is 12.9. The number of nitrogen functional groups attached to an aromatic ring is 1. The summed E-state index contributed by atoms with van der Waals surface area (Å²) in [6.45, 7) is 10.5. The van der Waals surface area contributed by atoms with E-state index in [1.807, 2.05) is 25.5 Å². The van der Waals surface area contributed by atoms with Gasteiger partial charge in [-0.15, -0.1) is 0 Å². The van der Waals surface area contributed by atoms with Crippen LogP contribution in [0.3, 0.4) is 0 Å². The number of pyridine rings is 2. The number of likely N-dealkylation sites (tertiary alicyclic amines) is 1. The highest BCUT2D eigenvalue weighted by atomic mass is 35.5. The van der Waals surface area contributed by atoms with Crippen LogP contribution in [0.2, 0.25) is 5.02 Å². The van der Waals surface area contributed by atoms with E-state index >= 15 is 0 Å². The van der Waals surface area contributed by atoms with Gasteiger partial charge in [0.1, 0.15) is 22.9 Å². The number of carbonyl (C=O) groups excluding carboxylic acids is 2. The monoisotopic (exact) mass is 573 g/mol. The molecule has 4 aromatic rings. The highest BCUT2D eigenvalue weighted by molar-refractivity contribution is 6.34. The topological polar surface area (TPSA) is 128 Å². The molecule has 1 atom stereocenters. The van der Waals surface area contributed by atoms with Gasteiger partial charge in [0.2, 0.25) is 0 Å². The number of ether oxygens (including phenoxy) is 1. The molecule has 2 amide bonds. The Balaban J connectivity index is 1.54. The van der Waals surface area contributed by atoms with E-state index in [0.29, 0.717) is 52.0 Å². The molecule has 212 valence electrons. The molecule has 0 spiro atoms. The maximum Gasteiger partial charge on any atom is 0.410 e. The summed E-state index contributed by atoms with van der Waals surface area (Å²) in [5.74, 6) is 0.387. The van der Waals surface area contributed by atoms with E-state index in [1.165, 1.54) is 0 Å². The Morgan fingerprint density at radius 2 is 2.02 bits per heavy atom. The average molecular weight is 574 g/mol. The van der Waals surface area contributed by atoms with Gasteiger partial charge in [0.25, 0.3) is 5.91 Å². The molecule has 11 heteroatoms. The molecule has 1 aromatic carbocycles. The van der Waals surface area contributed by atoms with Gasteiger partial charge in [-0.25, -0.2) is 14.8 Å². The van der Waals surface area contributed by atoms with Crippen molar-refractivity contribution in [3.63, 3.8) is 0 Å². The molecule has 10 nitrogen and oxygen atoms in total. The zero-order chi connectivity index (χ0) is 29.3. The van der Waals surface area contributed by atoms with E-state index < -0.39 is 5.60 Å². The molecule has 41 heavy (non-hydrogen) atoms. The highest BCUT2D eigenvalue weighted by Crippen LogP contribution is 2.39. The molecular weight excluding hydrogens is 542 g/mol. The summed E-state index contributed by atoms with van der Waals surface area (Å²) in [6.07, 6.45) is 6.19. The smallest absolute Gasteiger partial charge is 0.410 e. The van der Waals surface area contributed by atoms with Crippen LogP contribution in [0.4, 0.5) is 16.4 Å². The van der Waals surface area contributed by atoms with Crippen LogP contribution in [0, 0.1) is 0 Å². The first-order valence-electron chi connectivity index (χ1n) is 13.3. The van der Waals surface area contributed by atoms with Gasteiger partial charge < -0.3 is 20.7 Å². The molecule has 5 rings (SSSR count). The Morgan fingerprint density at radius 3 is 2.71 bits per heavy atom. The fourth-order valence-electron chi connectivity index (χ4n) is 4.94. The van der Waals surface area contributed by atoms with Crippen molar-refractivity contribution in [2.75, 3.05) is 24.1 Å². The van der Waals surface area contributed by atoms with Crippen LogP contribution in [-0.2, 0) is 4.74 Å². The largest absolute Gasteiger partial charge is 0.444 e. The van der Waals surface area contributed by atoms with E-state index in [-0.39, 0.29) is 18.0 Å². The standard InChI is InChI=1S/C30H32ClN7O3/c1-5-18-16-34-27(32)24-25(21-12-11-19(15-22(21)31)28(39)35-23-10-6-7-13-33-23)36-38(26(18)24)20-9-8-14-37(17-20)29(40)41-30(2,3)4/h5-7,10-13,15-16,20H,1,8-9,14,17H2,2-4H3,(H2,32,34)(H,33,35,39)/t20-/m1/s1. The Kier molecular flexibility index (Phi) is 7.68. The Hall–Kier alpha value is -4.44. The minimum absolute atomic E-state index is 0.143. The molecule has 3 aromatic heterocycles. The molecule has 0 aliphatic carbocycles. The van der Waals surface area contributed by atoms with Crippen molar-refractivity contribution in [3.05, 3.63) is 71.5 Å². The first-order chi connectivity index (χ1) is 19.6. The first kappa shape index (κ1) is 28.1. The van der Waals surface area contributed by atoms with Crippen molar-refractivity contribution in [2.24, 2.45) is 0 Å². The third-order valence-corrected chi connectivity index (χ3v) is 7.10. The van der Waals surface area contributed by atoms with Gasteiger partial charge in [-0.1, -0.05) is 36.4 Å². The third kappa shape index (κ3) is 5.88. The van der Waals surface area contributed by atoms with Gasteiger partial charge in [-0.2, -0.15) is 5.10 Å². The van der Waals surface area contributed by atoms with Crippen molar-refractivity contribution in [1.82, 2.24) is 24.6 Å². The van der Waals surface area contributed by atoms with Crippen molar-refractivity contribution in [1.29, 1.82) is 0 Å². The molecule has 3 N–H and O–H groups in total. The summed E-state index contributed by atoms with van der Waals surface area (Å²) in [5.41, 5.74) is 8.83. The van der Waals surface area contributed by atoms with Crippen LogP contribution >= 0.6 is 11.6 Å². The fourth-order valence-corrected chi connectivity index (χ4v) is 5.21. The summed E-state index contributed by atoms with van der Waals surface area (Å²) >= 11 is 6.76. The minimum Gasteiger partial charge on any atom is -0.444 e. The second-order valence-electron chi connectivity index (χ2n) is 10.9. The second kappa shape index (κ2) is 11.2. The number of aromatic nitrogens is 4. The van der Waals surface area contributed by atoms with E-state index in [4.69, 9.17) is 27.2 Å². The first-order valence-corrected chi connectivity index (χ1v) is 13.7. The Bertz CT molecular complexity index is 1630. The highest BCUT2D eigenvalue weighted by Gasteiger charge is 2.31. The molecule has 1 fully saturated rings. The van der Waals surface area contributed by atoms with Gasteiger partial charge in [0, 0.05) is 42.2 Å². The number of amides is 2. The van der Waals surface area contributed by atoms with Crippen LogP contribution in [0.25, 0.3) is 28.2 Å². The number of anilines is 2. The lowest BCUT2D eigenvalue weighted by Gasteiger charge is -2.34. The molecule has 1 saturated heterocycles. The van der Waals surface area contributed by atoms with Crippen molar-refractivity contribution >= 4 is 52.2 Å². The normalized spacial score (nSPS) is 15.5. The number of piperidine rings is 1. The summed E-state index contributed by atoms with van der Waals surface area (Å²) in [6, 6.07) is 10.1. The molecule has 0 radical (unpaired) electrons. The zero-order valence-electron chi connectivity index (χ0n) is 23.2. The number of nitrogens with zero attached hydrogens (tertiary/aromatic N) is 5. The number of hydrogen-bond acceptors (Lipinski definition) is 7. The van der Waals surface area contributed by atoms with Crippen LogP contribution in [0.5, 0.6) is 0 Å². The van der Waals surface area contributed by atoms with Crippen molar-refractivity contribution in [3.8, 4) is 11.3 Å². The fraction of sp³-hybridized carbons (Fsp3) is 0.300. The predicted octanol–water partition coefficient (Wildman–Crippen LogP) is 6.20. The second-order valence-corrected chi connectivity index (χ2v) is 11.3. The molecule has 4 heterocycles. The summed E-state index contributed by atoms with van der Waals surface area (Å²) in [7, 11) is 0. The molecule has 0 saturated carbocycles. The number of carbonyl (C=O) groups is 2. The van der Waals surface area contributed by atoms with E-state index in [1.54, 1.807) is 59.8 Å². The number of rotatable bonds is 5. The molecule has 0 unspecified atom stereocenters. The van der Waals surface area contributed by atoms with Gasteiger partial charge >= 0.3 is 6.09 Å². The molecule has 0 bridgehead atoms. The maximum absolute atomic E-state index is 12.9. The minimum atomic E-state index is -0.594. The Labute approximate surface area is 243 Å². The van der Waals surface area contributed by atoms with Crippen LogP contribution < -0.4 is 11.1 Å². The lowest BCUT2D eigenvalue weighted by molar-refractivity contribution is 0.0169. The van der Waals surface area contributed by atoms with Gasteiger partial charge in [0.05, 0.1) is 22.0 Å². The number of nitrogens with two attached hydrogens (primary N) is 1. The predicted molar refractivity (Wildman–Crippen MR) is 161 cm³/mol. The van der Waals surface area contributed by atoms with Crippen molar-refractivity contribution in [2.45, 2.75) is 45.3 Å². The molecular formula is C30H32ClN7O3. The summed E-state index contributed by atoms with van der Waals surface area (Å²) < 4.78 is 7.53. The Morgan fingerprint density at radius 1 is 1.22 bits per heavy atom. The van der Waals surface area contributed by atoms with E-state index in [0.717, 1.165) is 23.9 Å². The quantitative estimate of drug-likeness (QED) is 0.291. The summed E-state index contributed by atoms with van der Waals surface area (Å²) in [4.78, 5) is 35.9. The zero-order valence-corrected chi connectivity index (χ0v) is 24.0. The van der Waals surface area contributed by atoms with Gasteiger partial charge in [-0.05, 0) is 57.9 Å². The lowest BCUT2D eigenvalue weighted by atomic mass is 10.0. The van der Waals surface area contributed by atoms with Crippen LogP contribution in [-0.4, -0.2) is 55.3 Å². The van der Waals surface area contributed by atoms with E-state index in [2.05, 4.69) is 21.9 Å². The number of fused-ring (bicyclic) bond motifs is 1. The molecule has 1 aliphatic rings. The van der Waals surface area contributed by atoms with Gasteiger partial charge in [-0.3, -0.25) is 9.48 Å². The molecule has 1 aliphatic heterocycles. The number of nitrogens with one attached hydrogen (secondary N) is 1. The number of hydrogen-bond donors (Lipinski definition) is 2. The van der Waals surface area contributed by atoms with Crippen LogP contribution in [0.1, 0.15) is 55.6 Å². The van der Waals surface area contributed by atoms with Gasteiger partial charge in [0.15, 0.2) is 0 Å².